The second kappa shape index (κ2) is 5.12. The van der Waals surface area contributed by atoms with Crippen LogP contribution < -0.4 is 4.90 Å². The van der Waals surface area contributed by atoms with Gasteiger partial charge in [-0.25, -0.2) is 0 Å². The molecule has 0 aliphatic carbocycles. The van der Waals surface area contributed by atoms with Crippen molar-refractivity contribution in [2.45, 2.75) is 26.7 Å². The van der Waals surface area contributed by atoms with Crippen molar-refractivity contribution < 1.29 is 4.79 Å². The van der Waals surface area contributed by atoms with Crippen molar-refractivity contribution in [3.05, 3.63) is 53.6 Å². The zero-order chi connectivity index (χ0) is 14.1. The molecule has 1 aliphatic rings. The first kappa shape index (κ1) is 12.9. The van der Waals surface area contributed by atoms with E-state index < -0.39 is 0 Å². The average Bonchev–Trinajstić information content (AvgIpc) is 2.85. The Balaban J connectivity index is 2.05. The van der Waals surface area contributed by atoms with E-state index in [1.807, 2.05) is 11.0 Å². The summed E-state index contributed by atoms with van der Waals surface area (Å²) in [7, 11) is 0. The number of rotatable bonds is 2. The molecule has 1 fully saturated rings. The third-order valence-corrected chi connectivity index (χ3v) is 3.94. The first-order chi connectivity index (χ1) is 9.66. The zero-order valence-corrected chi connectivity index (χ0v) is 12.0. The molecule has 0 bridgehead atoms. The minimum Gasteiger partial charge on any atom is -0.312 e. The summed E-state index contributed by atoms with van der Waals surface area (Å²) in [5, 5.41) is 0. The summed E-state index contributed by atoms with van der Waals surface area (Å²) in [6.07, 6.45) is 1.65. The third kappa shape index (κ3) is 2.22. The first-order valence-electron chi connectivity index (χ1n) is 7.14. The van der Waals surface area contributed by atoms with Gasteiger partial charge in [-0.05, 0) is 54.7 Å². The van der Waals surface area contributed by atoms with E-state index >= 15 is 0 Å². The van der Waals surface area contributed by atoms with Crippen molar-refractivity contribution in [3.63, 3.8) is 0 Å². The van der Waals surface area contributed by atoms with E-state index in [0.29, 0.717) is 6.42 Å². The maximum atomic E-state index is 12.0. The summed E-state index contributed by atoms with van der Waals surface area (Å²) in [5.74, 6) is 0.253. The lowest BCUT2D eigenvalue weighted by Gasteiger charge is -2.22. The summed E-state index contributed by atoms with van der Waals surface area (Å²) < 4.78 is 0. The summed E-state index contributed by atoms with van der Waals surface area (Å²) >= 11 is 0. The third-order valence-electron chi connectivity index (χ3n) is 3.94. The summed E-state index contributed by atoms with van der Waals surface area (Å²) in [5.41, 5.74) is 5.90. The standard InChI is InChI=1S/C18H19NO/c1-13-11-16(15-7-4-3-5-8-15)12-14(2)18(13)19-10-6-9-17(19)20/h3-5,7-8,11-12H,6,9-10H2,1-2H3. The molecule has 2 heteroatoms. The molecule has 0 radical (unpaired) electrons. The van der Waals surface area contributed by atoms with Crippen molar-refractivity contribution in [1.82, 2.24) is 0 Å². The number of carbonyl (C=O) groups excluding carboxylic acids is 1. The maximum absolute atomic E-state index is 12.0. The normalized spacial score (nSPS) is 14.9. The van der Waals surface area contributed by atoms with Gasteiger partial charge in [0.1, 0.15) is 0 Å². The number of benzene rings is 2. The highest BCUT2D eigenvalue weighted by Gasteiger charge is 2.24. The lowest BCUT2D eigenvalue weighted by Crippen LogP contribution is -2.25. The van der Waals surface area contributed by atoms with E-state index in [1.165, 1.54) is 22.3 Å². The molecule has 2 nitrogen and oxygen atoms in total. The number of nitrogens with zero attached hydrogens (tertiary/aromatic N) is 1. The van der Waals surface area contributed by atoms with Gasteiger partial charge >= 0.3 is 0 Å². The van der Waals surface area contributed by atoms with Crippen molar-refractivity contribution >= 4 is 11.6 Å². The molecule has 0 spiro atoms. The van der Waals surface area contributed by atoms with Gasteiger partial charge in [0.15, 0.2) is 0 Å². The second-order valence-electron chi connectivity index (χ2n) is 5.47. The Bertz CT molecular complexity index is 623. The predicted molar refractivity (Wildman–Crippen MR) is 82.9 cm³/mol. The monoisotopic (exact) mass is 265 g/mol. The topological polar surface area (TPSA) is 20.3 Å². The number of hydrogen-bond donors (Lipinski definition) is 0. The largest absolute Gasteiger partial charge is 0.312 e. The van der Waals surface area contributed by atoms with Crippen LogP contribution in [0.4, 0.5) is 5.69 Å². The van der Waals surface area contributed by atoms with Crippen LogP contribution in [0.15, 0.2) is 42.5 Å². The Hall–Kier alpha value is -2.09. The molecule has 1 amide bonds. The fraction of sp³-hybridized carbons (Fsp3) is 0.278. The molecular formula is C18H19NO. The second-order valence-corrected chi connectivity index (χ2v) is 5.47. The van der Waals surface area contributed by atoms with E-state index in [1.54, 1.807) is 0 Å². The summed E-state index contributed by atoms with van der Waals surface area (Å²) in [4.78, 5) is 13.9. The smallest absolute Gasteiger partial charge is 0.227 e. The van der Waals surface area contributed by atoms with Crippen LogP contribution in [0.2, 0.25) is 0 Å². The van der Waals surface area contributed by atoms with E-state index in [0.717, 1.165) is 18.7 Å². The van der Waals surface area contributed by atoms with Crippen LogP contribution in [0.5, 0.6) is 0 Å². The molecule has 1 saturated heterocycles. The summed E-state index contributed by atoms with van der Waals surface area (Å²) in [6, 6.07) is 14.7. The SMILES string of the molecule is Cc1cc(-c2ccccc2)cc(C)c1N1CCCC1=O. The Morgan fingerprint density at radius 1 is 0.950 bits per heavy atom. The van der Waals surface area contributed by atoms with Crippen LogP contribution in [-0.2, 0) is 4.79 Å². The Morgan fingerprint density at radius 2 is 1.60 bits per heavy atom. The predicted octanol–water partition coefficient (Wildman–Crippen LogP) is 4.10. The molecular weight excluding hydrogens is 246 g/mol. The number of carbonyl (C=O) groups is 1. The molecule has 102 valence electrons. The van der Waals surface area contributed by atoms with Gasteiger partial charge in [-0.2, -0.15) is 0 Å². The molecule has 3 rings (SSSR count). The van der Waals surface area contributed by atoms with Gasteiger partial charge in [0, 0.05) is 18.7 Å². The van der Waals surface area contributed by atoms with Gasteiger partial charge in [-0.1, -0.05) is 30.3 Å². The van der Waals surface area contributed by atoms with E-state index in [9.17, 15) is 4.79 Å². The fourth-order valence-corrected chi connectivity index (χ4v) is 3.06. The van der Waals surface area contributed by atoms with Gasteiger partial charge in [0.25, 0.3) is 0 Å². The number of hydrogen-bond acceptors (Lipinski definition) is 1. The minimum atomic E-state index is 0.253. The quantitative estimate of drug-likeness (QED) is 0.800. The fourth-order valence-electron chi connectivity index (χ4n) is 3.06. The molecule has 2 aromatic rings. The molecule has 0 atom stereocenters. The molecule has 0 saturated carbocycles. The highest BCUT2D eigenvalue weighted by molar-refractivity contribution is 5.97. The molecule has 0 aromatic heterocycles. The highest BCUT2D eigenvalue weighted by Crippen LogP contribution is 2.33. The van der Waals surface area contributed by atoms with Crippen LogP contribution in [0.25, 0.3) is 11.1 Å². The van der Waals surface area contributed by atoms with E-state index in [2.05, 4.69) is 50.2 Å². The van der Waals surface area contributed by atoms with Crippen LogP contribution in [0.3, 0.4) is 0 Å². The van der Waals surface area contributed by atoms with E-state index in [4.69, 9.17) is 0 Å². The van der Waals surface area contributed by atoms with Crippen LogP contribution >= 0.6 is 0 Å². The molecule has 2 aromatic carbocycles. The Morgan fingerprint density at radius 3 is 2.15 bits per heavy atom. The van der Waals surface area contributed by atoms with Crippen molar-refractivity contribution in [3.8, 4) is 11.1 Å². The van der Waals surface area contributed by atoms with Crippen LogP contribution in [0, 0.1) is 13.8 Å². The lowest BCUT2D eigenvalue weighted by molar-refractivity contribution is -0.117. The van der Waals surface area contributed by atoms with Gasteiger partial charge in [0.2, 0.25) is 5.91 Å². The Kier molecular flexibility index (Phi) is 3.31. The lowest BCUT2D eigenvalue weighted by atomic mass is 9.98. The molecule has 1 heterocycles. The minimum absolute atomic E-state index is 0.253. The zero-order valence-electron chi connectivity index (χ0n) is 12.0. The van der Waals surface area contributed by atoms with Crippen LogP contribution in [-0.4, -0.2) is 12.5 Å². The van der Waals surface area contributed by atoms with Crippen molar-refractivity contribution in [2.75, 3.05) is 11.4 Å². The number of anilines is 1. The number of amides is 1. The molecule has 0 N–H and O–H groups in total. The van der Waals surface area contributed by atoms with Gasteiger partial charge in [-0.15, -0.1) is 0 Å². The maximum Gasteiger partial charge on any atom is 0.227 e. The van der Waals surface area contributed by atoms with Crippen molar-refractivity contribution in [2.24, 2.45) is 0 Å². The highest BCUT2D eigenvalue weighted by atomic mass is 16.2. The van der Waals surface area contributed by atoms with Gasteiger partial charge in [-0.3, -0.25) is 4.79 Å². The summed E-state index contributed by atoms with van der Waals surface area (Å²) in [6.45, 7) is 5.05. The molecule has 20 heavy (non-hydrogen) atoms. The average molecular weight is 265 g/mol. The number of aryl methyl sites for hydroxylation is 2. The van der Waals surface area contributed by atoms with Gasteiger partial charge < -0.3 is 4.90 Å². The Labute approximate surface area is 120 Å². The van der Waals surface area contributed by atoms with E-state index in [-0.39, 0.29) is 5.91 Å². The van der Waals surface area contributed by atoms with Gasteiger partial charge in [0.05, 0.1) is 0 Å². The first-order valence-corrected chi connectivity index (χ1v) is 7.14. The molecule has 0 unspecified atom stereocenters. The molecule has 1 aliphatic heterocycles. The van der Waals surface area contributed by atoms with Crippen molar-refractivity contribution in [1.29, 1.82) is 0 Å². The van der Waals surface area contributed by atoms with Crippen LogP contribution in [0.1, 0.15) is 24.0 Å².